The summed E-state index contributed by atoms with van der Waals surface area (Å²) in [5, 5.41) is 9.03. The number of carboxylic acids is 1. The highest BCUT2D eigenvalue weighted by Gasteiger charge is 2.24. The van der Waals surface area contributed by atoms with Crippen LogP contribution in [0.3, 0.4) is 0 Å². The smallest absolute Gasteiger partial charge is 0.321 e. The van der Waals surface area contributed by atoms with E-state index in [1.54, 1.807) is 12.1 Å². The number of hydrogen-bond acceptors (Lipinski definition) is 3. The second kappa shape index (κ2) is 7.02. The van der Waals surface area contributed by atoms with E-state index in [2.05, 4.69) is 20.7 Å². The molecule has 2 N–H and O–H groups in total. The first kappa shape index (κ1) is 16.1. The summed E-state index contributed by atoms with van der Waals surface area (Å²) in [7, 11) is -3.82. The van der Waals surface area contributed by atoms with Crippen molar-refractivity contribution in [3.05, 3.63) is 28.7 Å². The SMILES string of the molecule is CCCC[C@H](NS(=O)(=O)c1cccc(Br)c1)C(=O)O. The van der Waals surface area contributed by atoms with Crippen LogP contribution in [0.25, 0.3) is 0 Å². The summed E-state index contributed by atoms with van der Waals surface area (Å²) in [5.74, 6) is -1.16. The normalized spacial score (nSPS) is 13.2. The van der Waals surface area contributed by atoms with Crippen LogP contribution in [0.15, 0.2) is 33.6 Å². The van der Waals surface area contributed by atoms with Gasteiger partial charge in [0.15, 0.2) is 0 Å². The van der Waals surface area contributed by atoms with Gasteiger partial charge in [-0.05, 0) is 24.6 Å². The Labute approximate surface area is 121 Å². The minimum Gasteiger partial charge on any atom is -0.480 e. The molecule has 0 saturated carbocycles. The van der Waals surface area contributed by atoms with E-state index in [0.717, 1.165) is 6.42 Å². The van der Waals surface area contributed by atoms with Gasteiger partial charge in [0.2, 0.25) is 10.0 Å². The molecule has 0 aliphatic heterocycles. The summed E-state index contributed by atoms with van der Waals surface area (Å²) < 4.78 is 27.0. The largest absolute Gasteiger partial charge is 0.480 e. The predicted molar refractivity (Wildman–Crippen MR) is 75.4 cm³/mol. The number of nitrogens with one attached hydrogen (secondary N) is 1. The third kappa shape index (κ3) is 4.93. The van der Waals surface area contributed by atoms with Gasteiger partial charge in [0, 0.05) is 4.47 Å². The van der Waals surface area contributed by atoms with Crippen molar-refractivity contribution in [2.24, 2.45) is 0 Å². The first-order chi connectivity index (χ1) is 8.86. The highest BCUT2D eigenvalue weighted by Crippen LogP contribution is 2.16. The van der Waals surface area contributed by atoms with Gasteiger partial charge in [-0.1, -0.05) is 41.8 Å². The van der Waals surface area contributed by atoms with E-state index in [-0.39, 0.29) is 11.3 Å². The average Bonchev–Trinajstić information content (AvgIpc) is 2.34. The second-order valence-corrected chi connectivity index (χ2v) is 6.74. The molecule has 19 heavy (non-hydrogen) atoms. The fourth-order valence-corrected chi connectivity index (χ4v) is 3.35. The van der Waals surface area contributed by atoms with Crippen molar-refractivity contribution in [2.75, 3.05) is 0 Å². The Morgan fingerprint density at radius 2 is 2.16 bits per heavy atom. The summed E-state index contributed by atoms with van der Waals surface area (Å²) >= 11 is 3.18. The van der Waals surface area contributed by atoms with E-state index < -0.39 is 22.0 Å². The minimum absolute atomic E-state index is 0.0459. The van der Waals surface area contributed by atoms with Crippen molar-refractivity contribution in [3.8, 4) is 0 Å². The lowest BCUT2D eigenvalue weighted by atomic mass is 10.1. The fourth-order valence-electron chi connectivity index (χ4n) is 1.53. The van der Waals surface area contributed by atoms with Crippen LogP contribution in [0.1, 0.15) is 26.2 Å². The molecule has 106 valence electrons. The molecule has 0 saturated heterocycles. The predicted octanol–water partition coefficient (Wildman–Crippen LogP) is 2.37. The number of aliphatic carboxylic acids is 1. The number of carboxylic acid groups (broad SMARTS) is 1. The quantitative estimate of drug-likeness (QED) is 0.791. The van der Waals surface area contributed by atoms with Crippen LogP contribution >= 0.6 is 15.9 Å². The number of sulfonamides is 1. The van der Waals surface area contributed by atoms with Crippen LogP contribution < -0.4 is 4.72 Å². The molecule has 1 atom stereocenters. The van der Waals surface area contributed by atoms with Gasteiger partial charge in [-0.15, -0.1) is 0 Å². The zero-order valence-corrected chi connectivity index (χ0v) is 12.9. The number of hydrogen-bond donors (Lipinski definition) is 2. The number of rotatable bonds is 7. The van der Waals surface area contributed by atoms with Crippen LogP contribution in [0.4, 0.5) is 0 Å². The molecular weight excluding hydrogens is 334 g/mol. The molecular formula is C12H16BrNO4S. The summed E-state index contributed by atoms with van der Waals surface area (Å²) in [6.45, 7) is 1.92. The summed E-state index contributed by atoms with van der Waals surface area (Å²) in [4.78, 5) is 11.1. The molecule has 0 aliphatic rings. The van der Waals surface area contributed by atoms with Crippen molar-refractivity contribution in [1.29, 1.82) is 0 Å². The zero-order chi connectivity index (χ0) is 14.5. The Kier molecular flexibility index (Phi) is 5.96. The lowest BCUT2D eigenvalue weighted by molar-refractivity contribution is -0.139. The van der Waals surface area contributed by atoms with E-state index in [9.17, 15) is 13.2 Å². The monoisotopic (exact) mass is 349 g/mol. The van der Waals surface area contributed by atoms with Gasteiger partial charge in [-0.25, -0.2) is 8.42 Å². The summed E-state index contributed by atoms with van der Waals surface area (Å²) in [5.41, 5.74) is 0. The van der Waals surface area contributed by atoms with Gasteiger partial charge in [0.05, 0.1) is 4.90 Å². The molecule has 0 aliphatic carbocycles. The highest BCUT2D eigenvalue weighted by atomic mass is 79.9. The van der Waals surface area contributed by atoms with Crippen LogP contribution in [0.2, 0.25) is 0 Å². The van der Waals surface area contributed by atoms with Gasteiger partial charge in [-0.3, -0.25) is 4.79 Å². The van der Waals surface area contributed by atoms with E-state index >= 15 is 0 Å². The molecule has 0 fully saturated rings. The number of carbonyl (C=O) groups is 1. The zero-order valence-electron chi connectivity index (χ0n) is 10.5. The van der Waals surface area contributed by atoms with Crippen molar-refractivity contribution in [2.45, 2.75) is 37.1 Å². The van der Waals surface area contributed by atoms with Gasteiger partial charge in [0.1, 0.15) is 6.04 Å². The number of benzene rings is 1. The Balaban J connectivity index is 2.91. The van der Waals surface area contributed by atoms with E-state index in [4.69, 9.17) is 5.11 Å². The van der Waals surface area contributed by atoms with Gasteiger partial charge >= 0.3 is 5.97 Å². The molecule has 0 radical (unpaired) electrons. The van der Waals surface area contributed by atoms with E-state index in [1.807, 2.05) is 6.92 Å². The maximum atomic E-state index is 12.1. The van der Waals surface area contributed by atoms with Crippen LogP contribution in [0, 0.1) is 0 Å². The maximum absolute atomic E-state index is 12.1. The van der Waals surface area contributed by atoms with Crippen LogP contribution in [-0.2, 0) is 14.8 Å². The minimum atomic E-state index is -3.82. The molecule has 1 rings (SSSR count). The molecule has 7 heteroatoms. The topological polar surface area (TPSA) is 83.5 Å². The average molecular weight is 350 g/mol. The summed E-state index contributed by atoms with van der Waals surface area (Å²) in [6.07, 6.45) is 1.74. The van der Waals surface area contributed by atoms with E-state index in [0.29, 0.717) is 10.9 Å². The molecule has 1 aromatic rings. The van der Waals surface area contributed by atoms with Crippen molar-refractivity contribution in [3.63, 3.8) is 0 Å². The lowest BCUT2D eigenvalue weighted by Gasteiger charge is -2.14. The fraction of sp³-hybridized carbons (Fsp3) is 0.417. The molecule has 0 bridgehead atoms. The second-order valence-electron chi connectivity index (χ2n) is 4.11. The van der Waals surface area contributed by atoms with E-state index in [1.165, 1.54) is 12.1 Å². The number of halogens is 1. The molecule has 0 amide bonds. The molecule has 0 heterocycles. The first-order valence-corrected chi connectivity index (χ1v) is 8.15. The maximum Gasteiger partial charge on any atom is 0.321 e. The molecule has 0 spiro atoms. The molecule has 0 unspecified atom stereocenters. The Morgan fingerprint density at radius 3 is 2.68 bits per heavy atom. The van der Waals surface area contributed by atoms with Gasteiger partial charge in [0.25, 0.3) is 0 Å². The third-order valence-corrected chi connectivity index (χ3v) is 4.51. The molecule has 0 aromatic heterocycles. The van der Waals surface area contributed by atoms with Crippen molar-refractivity contribution in [1.82, 2.24) is 4.72 Å². The first-order valence-electron chi connectivity index (χ1n) is 5.87. The third-order valence-electron chi connectivity index (χ3n) is 2.55. The number of unbranched alkanes of at least 4 members (excludes halogenated alkanes) is 1. The standard InChI is InChI=1S/C12H16BrNO4S/c1-2-3-7-11(12(15)16)14-19(17,18)10-6-4-5-9(13)8-10/h4-6,8,11,14H,2-3,7H2,1H3,(H,15,16)/t11-/m0/s1. The van der Waals surface area contributed by atoms with Crippen LogP contribution in [0.5, 0.6) is 0 Å². The Bertz CT molecular complexity index is 544. The lowest BCUT2D eigenvalue weighted by Crippen LogP contribution is -2.40. The van der Waals surface area contributed by atoms with Crippen molar-refractivity contribution >= 4 is 31.9 Å². The van der Waals surface area contributed by atoms with Gasteiger partial charge < -0.3 is 5.11 Å². The van der Waals surface area contributed by atoms with Gasteiger partial charge in [-0.2, -0.15) is 4.72 Å². The molecule has 5 nitrogen and oxygen atoms in total. The van der Waals surface area contributed by atoms with Crippen molar-refractivity contribution < 1.29 is 18.3 Å². The highest BCUT2D eigenvalue weighted by molar-refractivity contribution is 9.10. The Hall–Kier alpha value is -0.920. The molecule has 1 aromatic carbocycles. The van der Waals surface area contributed by atoms with Crippen LogP contribution in [-0.4, -0.2) is 25.5 Å². The summed E-state index contributed by atoms with van der Waals surface area (Å²) in [6, 6.07) is 5.04. The Morgan fingerprint density at radius 1 is 1.47 bits per heavy atom.